The van der Waals surface area contributed by atoms with E-state index in [1.807, 2.05) is 13.1 Å². The Bertz CT molecular complexity index is 987. The fraction of sp³-hybridized carbons (Fsp3) is 0.333. The van der Waals surface area contributed by atoms with Crippen molar-refractivity contribution in [2.75, 3.05) is 27.2 Å². The number of hydrogen-bond donors (Lipinski definition) is 1. The monoisotopic (exact) mass is 373 g/mol. The summed E-state index contributed by atoms with van der Waals surface area (Å²) in [5.74, 6) is -1.28. The molecule has 7 nitrogen and oxygen atoms in total. The van der Waals surface area contributed by atoms with E-state index < -0.39 is 17.3 Å². The van der Waals surface area contributed by atoms with E-state index in [2.05, 4.69) is 23.1 Å². The summed E-state index contributed by atoms with van der Waals surface area (Å²) < 4.78 is 4.73. The summed E-state index contributed by atoms with van der Waals surface area (Å²) >= 11 is 0. The second-order valence-corrected chi connectivity index (χ2v) is 7.01. The van der Waals surface area contributed by atoms with Crippen LogP contribution in [-0.4, -0.2) is 38.1 Å². The topological polar surface area (TPSA) is 127 Å². The van der Waals surface area contributed by atoms with Gasteiger partial charge >= 0.3 is 5.97 Å². The molecule has 1 heterocycles. The van der Waals surface area contributed by atoms with Gasteiger partial charge in [-0.1, -0.05) is 18.2 Å². The number of nitriles is 3. The van der Waals surface area contributed by atoms with Crippen LogP contribution >= 0.6 is 0 Å². The molecule has 0 unspecified atom stereocenters. The van der Waals surface area contributed by atoms with Gasteiger partial charge in [0.1, 0.15) is 6.07 Å². The molecule has 140 valence electrons. The normalized spacial score (nSPS) is 23.5. The zero-order chi connectivity index (χ0) is 20.5. The highest BCUT2D eigenvalue weighted by Crippen LogP contribution is 2.53. The molecule has 0 saturated carbocycles. The van der Waals surface area contributed by atoms with Gasteiger partial charge in [-0.3, -0.25) is 0 Å². The largest absolute Gasteiger partial charge is 0.465 e. The first kappa shape index (κ1) is 19.2. The number of allylic oxidation sites excluding steroid dienone is 2. The standard InChI is InChI=1S/C21H19N5O2/c1-26-8-7-15-16(9-22)19(25)21(11-23,12-24)18(17(15)10-26)13-3-5-14(6-4-13)20(27)28-2/h3-7,17-18H,8,10,25H2,1-2H3/t17-,18+/m0/s1. The van der Waals surface area contributed by atoms with E-state index in [1.54, 1.807) is 24.3 Å². The molecular weight excluding hydrogens is 354 g/mol. The summed E-state index contributed by atoms with van der Waals surface area (Å²) in [4.78, 5) is 13.8. The van der Waals surface area contributed by atoms with Crippen molar-refractivity contribution in [2.24, 2.45) is 17.1 Å². The minimum Gasteiger partial charge on any atom is -0.465 e. The summed E-state index contributed by atoms with van der Waals surface area (Å²) in [7, 11) is 3.25. The number of esters is 1. The predicted octanol–water partition coefficient (Wildman–Crippen LogP) is 1.83. The first-order chi connectivity index (χ1) is 13.4. The number of nitrogens with two attached hydrogens (primary N) is 1. The lowest BCUT2D eigenvalue weighted by molar-refractivity contribution is 0.0600. The van der Waals surface area contributed by atoms with E-state index in [0.29, 0.717) is 24.2 Å². The molecule has 1 aromatic carbocycles. The smallest absolute Gasteiger partial charge is 0.337 e. The van der Waals surface area contributed by atoms with Crippen molar-refractivity contribution < 1.29 is 9.53 Å². The molecule has 0 bridgehead atoms. The first-order valence-corrected chi connectivity index (χ1v) is 8.73. The third-order valence-corrected chi connectivity index (χ3v) is 5.54. The van der Waals surface area contributed by atoms with Crippen LogP contribution in [0, 0.1) is 45.3 Å². The van der Waals surface area contributed by atoms with Crippen LogP contribution in [0.1, 0.15) is 21.8 Å². The van der Waals surface area contributed by atoms with Gasteiger partial charge in [0.05, 0.1) is 36.1 Å². The lowest BCUT2D eigenvalue weighted by atomic mass is 9.58. The van der Waals surface area contributed by atoms with Gasteiger partial charge in [-0.2, -0.15) is 15.8 Å². The lowest BCUT2D eigenvalue weighted by Gasteiger charge is -2.45. The van der Waals surface area contributed by atoms with Crippen molar-refractivity contribution in [3.8, 4) is 18.2 Å². The molecule has 0 fully saturated rings. The fourth-order valence-corrected chi connectivity index (χ4v) is 4.14. The van der Waals surface area contributed by atoms with Crippen LogP contribution < -0.4 is 5.73 Å². The predicted molar refractivity (Wildman–Crippen MR) is 100 cm³/mol. The summed E-state index contributed by atoms with van der Waals surface area (Å²) in [5.41, 5.74) is 6.66. The highest BCUT2D eigenvalue weighted by molar-refractivity contribution is 5.89. The highest BCUT2D eigenvalue weighted by Gasteiger charge is 2.54. The van der Waals surface area contributed by atoms with Gasteiger partial charge in [-0.25, -0.2) is 4.79 Å². The number of methoxy groups -OCH3 is 1. The summed E-state index contributed by atoms with van der Waals surface area (Å²) in [6.07, 6.45) is 1.94. The molecule has 28 heavy (non-hydrogen) atoms. The van der Waals surface area contributed by atoms with E-state index in [0.717, 1.165) is 5.57 Å². The Morgan fingerprint density at radius 3 is 2.43 bits per heavy atom. The maximum absolute atomic E-state index is 11.7. The van der Waals surface area contributed by atoms with Crippen molar-refractivity contribution >= 4 is 5.97 Å². The zero-order valence-electron chi connectivity index (χ0n) is 15.6. The molecule has 3 rings (SSSR count). The molecule has 1 aromatic rings. The van der Waals surface area contributed by atoms with Crippen LogP contribution in [0.25, 0.3) is 0 Å². The van der Waals surface area contributed by atoms with Crippen LogP contribution in [0.4, 0.5) is 0 Å². The van der Waals surface area contributed by atoms with E-state index >= 15 is 0 Å². The molecule has 0 radical (unpaired) electrons. The second-order valence-electron chi connectivity index (χ2n) is 7.01. The minimum atomic E-state index is -1.67. The molecule has 7 heteroatoms. The number of ether oxygens (including phenoxy) is 1. The van der Waals surface area contributed by atoms with E-state index in [4.69, 9.17) is 10.5 Å². The average molecular weight is 373 g/mol. The summed E-state index contributed by atoms with van der Waals surface area (Å²) in [6, 6.07) is 12.9. The lowest BCUT2D eigenvalue weighted by Crippen LogP contribution is -2.47. The molecule has 0 aromatic heterocycles. The van der Waals surface area contributed by atoms with Gasteiger partial charge < -0.3 is 15.4 Å². The first-order valence-electron chi connectivity index (χ1n) is 8.73. The maximum atomic E-state index is 11.7. The van der Waals surface area contributed by atoms with Crippen molar-refractivity contribution in [1.29, 1.82) is 15.8 Å². The average Bonchev–Trinajstić information content (AvgIpc) is 2.73. The Kier molecular flexibility index (Phi) is 4.92. The van der Waals surface area contributed by atoms with Crippen LogP contribution in [0.5, 0.6) is 0 Å². The molecular formula is C21H19N5O2. The number of carbonyl (C=O) groups excluding carboxylic acids is 1. The molecule has 0 saturated heterocycles. The minimum absolute atomic E-state index is 0.00547. The number of nitrogens with zero attached hydrogens (tertiary/aromatic N) is 4. The molecule has 1 aliphatic carbocycles. The molecule has 2 N–H and O–H groups in total. The molecule has 1 aliphatic heterocycles. The zero-order valence-corrected chi connectivity index (χ0v) is 15.6. The number of carbonyl (C=O) groups is 1. The van der Waals surface area contributed by atoms with Gasteiger partial charge in [0, 0.05) is 24.9 Å². The quantitative estimate of drug-likeness (QED) is 0.783. The highest BCUT2D eigenvalue weighted by atomic mass is 16.5. The van der Waals surface area contributed by atoms with Crippen LogP contribution in [0.3, 0.4) is 0 Å². The van der Waals surface area contributed by atoms with Gasteiger partial charge in [-0.15, -0.1) is 0 Å². The SMILES string of the molecule is COC(=O)c1ccc([C@@H]2[C@H]3CN(C)CC=C3C(C#N)=C(N)C2(C#N)C#N)cc1. The number of rotatable bonds is 2. The third kappa shape index (κ3) is 2.72. The number of hydrogen-bond acceptors (Lipinski definition) is 7. The fourth-order valence-electron chi connectivity index (χ4n) is 4.14. The van der Waals surface area contributed by atoms with Crippen molar-refractivity contribution in [1.82, 2.24) is 4.90 Å². The van der Waals surface area contributed by atoms with Crippen LogP contribution in [0.15, 0.2) is 47.2 Å². The van der Waals surface area contributed by atoms with Gasteiger partial charge in [0.15, 0.2) is 5.41 Å². The van der Waals surface area contributed by atoms with Crippen molar-refractivity contribution in [2.45, 2.75) is 5.92 Å². The molecule has 0 spiro atoms. The number of benzene rings is 1. The Hall–Kier alpha value is -3.60. The van der Waals surface area contributed by atoms with Gasteiger partial charge in [0.2, 0.25) is 0 Å². The Labute approximate surface area is 163 Å². The Balaban J connectivity index is 2.24. The van der Waals surface area contributed by atoms with Crippen LogP contribution in [0.2, 0.25) is 0 Å². The number of likely N-dealkylation sites (N-methyl/N-ethyl adjacent to an activating group) is 1. The molecule has 2 atom stereocenters. The van der Waals surface area contributed by atoms with Gasteiger partial charge in [-0.05, 0) is 30.3 Å². The van der Waals surface area contributed by atoms with Crippen molar-refractivity contribution in [3.05, 3.63) is 58.3 Å². The van der Waals surface area contributed by atoms with E-state index in [1.165, 1.54) is 7.11 Å². The number of fused-ring (bicyclic) bond motifs is 1. The Morgan fingerprint density at radius 2 is 1.89 bits per heavy atom. The molecule has 2 aliphatic rings. The second kappa shape index (κ2) is 7.19. The maximum Gasteiger partial charge on any atom is 0.337 e. The van der Waals surface area contributed by atoms with Crippen molar-refractivity contribution in [3.63, 3.8) is 0 Å². The van der Waals surface area contributed by atoms with Gasteiger partial charge in [0.25, 0.3) is 0 Å². The van der Waals surface area contributed by atoms with Crippen LogP contribution in [-0.2, 0) is 4.74 Å². The van der Waals surface area contributed by atoms with E-state index in [9.17, 15) is 20.6 Å². The summed E-state index contributed by atoms with van der Waals surface area (Å²) in [6.45, 7) is 1.24. The van der Waals surface area contributed by atoms with E-state index in [-0.39, 0.29) is 17.2 Å². The summed E-state index contributed by atoms with van der Waals surface area (Å²) in [5, 5.41) is 29.6. The third-order valence-electron chi connectivity index (χ3n) is 5.54. The molecule has 0 amide bonds. The Morgan fingerprint density at radius 1 is 1.25 bits per heavy atom.